The molecule has 0 bridgehead atoms. The predicted octanol–water partition coefficient (Wildman–Crippen LogP) is 3.42. The molecule has 0 aromatic carbocycles. The molecule has 2 N–H and O–H groups in total. The average molecular weight is 351 g/mol. The van der Waals surface area contributed by atoms with Gasteiger partial charge in [-0.2, -0.15) is 0 Å². The van der Waals surface area contributed by atoms with Gasteiger partial charge in [-0.1, -0.05) is 25.4 Å². The molecule has 5 nitrogen and oxygen atoms in total. The summed E-state index contributed by atoms with van der Waals surface area (Å²) in [6.45, 7) is 10.8. The second-order valence-corrected chi connectivity index (χ2v) is 8.43. The fourth-order valence-corrected chi connectivity index (χ4v) is 3.11. The Kier molecular flexibility index (Phi) is 8.96. The summed E-state index contributed by atoms with van der Waals surface area (Å²) in [4.78, 5) is 3.80. The number of sulfone groups is 1. The zero-order valence-electron chi connectivity index (χ0n) is 14.0. The second kappa shape index (κ2) is 9.33. The van der Waals surface area contributed by atoms with Crippen LogP contribution in [0.4, 0.5) is 5.82 Å². The highest BCUT2D eigenvalue weighted by atomic mass is 35.5. The monoisotopic (exact) mass is 350 g/mol. The molecule has 1 aromatic heterocycles. The van der Waals surface area contributed by atoms with Crippen molar-refractivity contribution in [2.75, 3.05) is 24.7 Å². The molecule has 0 fully saturated rings. The van der Waals surface area contributed by atoms with Gasteiger partial charge in [0.05, 0.1) is 4.75 Å². The Labute approximate surface area is 139 Å². The zero-order valence-corrected chi connectivity index (χ0v) is 15.6. The summed E-state index contributed by atoms with van der Waals surface area (Å²) < 4.78 is 27.9. The fourth-order valence-electron chi connectivity index (χ4n) is 1.69. The third kappa shape index (κ3) is 6.10. The molecule has 0 spiro atoms. The molecule has 0 aliphatic heterocycles. The number of hydrogen-bond acceptors (Lipinski definition) is 5. The van der Waals surface area contributed by atoms with Crippen molar-refractivity contribution >= 4 is 27.3 Å². The molecular weight excluding hydrogens is 324 g/mol. The molecule has 0 amide bonds. The van der Waals surface area contributed by atoms with Gasteiger partial charge >= 0.3 is 0 Å². The Morgan fingerprint density at radius 1 is 1.27 bits per heavy atom. The minimum atomic E-state index is -3.23. The van der Waals surface area contributed by atoms with Gasteiger partial charge in [0.1, 0.15) is 11.0 Å². The van der Waals surface area contributed by atoms with Crippen LogP contribution in [0.5, 0.6) is 0 Å². The minimum absolute atomic E-state index is 0.0693. The van der Waals surface area contributed by atoms with Crippen LogP contribution >= 0.6 is 11.6 Å². The molecule has 0 unspecified atom stereocenters. The third-order valence-electron chi connectivity index (χ3n) is 3.22. The predicted molar refractivity (Wildman–Crippen MR) is 92.9 cm³/mol. The van der Waals surface area contributed by atoms with Crippen molar-refractivity contribution in [2.45, 2.75) is 45.8 Å². The smallest absolute Gasteiger partial charge is 0.159 e. The zero-order chi connectivity index (χ0) is 17.4. The van der Waals surface area contributed by atoms with Gasteiger partial charge in [0.2, 0.25) is 0 Å². The molecule has 0 saturated heterocycles. The van der Waals surface area contributed by atoms with Gasteiger partial charge in [0, 0.05) is 19.0 Å². The van der Waals surface area contributed by atoms with E-state index in [0.29, 0.717) is 5.56 Å². The Bertz CT molecular complexity index is 536. The Balaban J connectivity index is 0.000000626. The van der Waals surface area contributed by atoms with Gasteiger partial charge in [0.25, 0.3) is 0 Å². The SMILES string of the molecule is CCCOCC.CCS(=O)(=O)C(C)(C)c1cc(N)nc(Cl)c1. The van der Waals surface area contributed by atoms with Crippen LogP contribution in [0.3, 0.4) is 0 Å². The van der Waals surface area contributed by atoms with E-state index in [1.54, 1.807) is 26.8 Å². The van der Waals surface area contributed by atoms with Crippen LogP contribution in [0.25, 0.3) is 0 Å². The maximum atomic E-state index is 11.9. The Hall–Kier alpha value is -0.850. The summed E-state index contributed by atoms with van der Waals surface area (Å²) in [5.74, 6) is 0.293. The number of halogens is 1. The normalized spacial score (nSPS) is 11.7. The molecule has 7 heteroatoms. The van der Waals surface area contributed by atoms with E-state index in [9.17, 15) is 8.42 Å². The lowest BCUT2D eigenvalue weighted by Crippen LogP contribution is -2.30. The van der Waals surface area contributed by atoms with Crippen molar-refractivity contribution < 1.29 is 13.2 Å². The van der Waals surface area contributed by atoms with Crippen molar-refractivity contribution in [3.63, 3.8) is 0 Å². The van der Waals surface area contributed by atoms with Crippen molar-refractivity contribution in [3.8, 4) is 0 Å². The van der Waals surface area contributed by atoms with Gasteiger partial charge < -0.3 is 10.5 Å². The van der Waals surface area contributed by atoms with Crippen LogP contribution in [0.1, 0.15) is 46.6 Å². The van der Waals surface area contributed by atoms with E-state index in [-0.39, 0.29) is 16.7 Å². The highest BCUT2D eigenvalue weighted by Crippen LogP contribution is 2.32. The standard InChI is InChI=1S/C10H15ClN2O2S.C5H12O/c1-4-16(14,15)10(2,3)7-5-8(11)13-9(12)6-7;1-3-5-6-4-2/h5-6H,4H2,1-3H3,(H2,12,13);3-5H2,1-2H3. The van der Waals surface area contributed by atoms with Gasteiger partial charge in [-0.3, -0.25) is 0 Å². The first-order valence-electron chi connectivity index (χ1n) is 7.35. The van der Waals surface area contributed by atoms with Gasteiger partial charge in [-0.15, -0.1) is 0 Å². The topological polar surface area (TPSA) is 82.3 Å². The second-order valence-electron chi connectivity index (χ2n) is 5.21. The fraction of sp³-hybridized carbons (Fsp3) is 0.667. The van der Waals surface area contributed by atoms with E-state index in [0.717, 1.165) is 19.6 Å². The molecule has 0 aliphatic rings. The molecule has 1 heterocycles. The summed E-state index contributed by atoms with van der Waals surface area (Å²) in [6, 6.07) is 3.07. The highest BCUT2D eigenvalue weighted by molar-refractivity contribution is 7.92. The number of nitrogens with zero attached hydrogens (tertiary/aromatic N) is 1. The number of nitrogens with two attached hydrogens (primary N) is 1. The summed E-state index contributed by atoms with van der Waals surface area (Å²) >= 11 is 5.76. The lowest BCUT2D eigenvalue weighted by molar-refractivity contribution is 0.148. The molecule has 0 atom stereocenters. The van der Waals surface area contributed by atoms with Gasteiger partial charge in [0.15, 0.2) is 9.84 Å². The number of ether oxygens (including phenoxy) is 1. The van der Waals surface area contributed by atoms with E-state index in [1.165, 1.54) is 6.07 Å². The molecule has 22 heavy (non-hydrogen) atoms. The number of anilines is 1. The summed E-state index contributed by atoms with van der Waals surface area (Å²) in [5, 5.41) is 0.203. The number of hydrogen-bond donors (Lipinski definition) is 1. The summed E-state index contributed by atoms with van der Waals surface area (Å²) in [6.07, 6.45) is 1.13. The van der Waals surface area contributed by atoms with Crippen LogP contribution in [0.15, 0.2) is 12.1 Å². The van der Waals surface area contributed by atoms with Gasteiger partial charge in [-0.05, 0) is 44.9 Å². The number of aromatic nitrogens is 1. The molecule has 128 valence electrons. The maximum Gasteiger partial charge on any atom is 0.159 e. The minimum Gasteiger partial charge on any atom is -0.384 e. The van der Waals surface area contributed by atoms with Crippen molar-refractivity contribution in [1.82, 2.24) is 4.98 Å². The first-order valence-corrected chi connectivity index (χ1v) is 9.38. The van der Waals surface area contributed by atoms with E-state index in [2.05, 4.69) is 11.9 Å². The number of rotatable bonds is 6. The van der Waals surface area contributed by atoms with Crippen molar-refractivity contribution in [1.29, 1.82) is 0 Å². The molecule has 1 rings (SSSR count). The summed E-state index contributed by atoms with van der Waals surface area (Å²) in [5.41, 5.74) is 6.11. The summed E-state index contributed by atoms with van der Waals surface area (Å²) in [7, 11) is -3.23. The maximum absolute atomic E-state index is 11.9. The third-order valence-corrected chi connectivity index (χ3v) is 5.96. The van der Waals surface area contributed by atoms with Crippen LogP contribution in [0, 0.1) is 0 Å². The van der Waals surface area contributed by atoms with E-state index in [1.807, 2.05) is 6.92 Å². The quantitative estimate of drug-likeness (QED) is 0.627. The number of nitrogen functional groups attached to an aromatic ring is 1. The van der Waals surface area contributed by atoms with Crippen LogP contribution < -0.4 is 5.73 Å². The molecular formula is C15H27ClN2O3S. The van der Waals surface area contributed by atoms with Crippen LogP contribution in [-0.4, -0.2) is 32.4 Å². The first-order chi connectivity index (χ1) is 10.1. The molecule has 1 aromatic rings. The van der Waals surface area contributed by atoms with Crippen LogP contribution in [0.2, 0.25) is 5.15 Å². The lowest BCUT2D eigenvalue weighted by atomic mass is 10.0. The highest BCUT2D eigenvalue weighted by Gasteiger charge is 2.35. The van der Waals surface area contributed by atoms with E-state index >= 15 is 0 Å². The van der Waals surface area contributed by atoms with Gasteiger partial charge in [-0.25, -0.2) is 13.4 Å². The van der Waals surface area contributed by atoms with Crippen LogP contribution in [-0.2, 0) is 19.3 Å². The van der Waals surface area contributed by atoms with E-state index in [4.69, 9.17) is 22.1 Å². The Morgan fingerprint density at radius 2 is 1.86 bits per heavy atom. The van der Waals surface area contributed by atoms with Crippen molar-refractivity contribution in [3.05, 3.63) is 22.8 Å². The average Bonchev–Trinajstić information content (AvgIpc) is 2.44. The Morgan fingerprint density at radius 3 is 2.23 bits per heavy atom. The molecule has 0 saturated carbocycles. The first kappa shape index (κ1) is 21.1. The van der Waals surface area contributed by atoms with E-state index < -0.39 is 14.6 Å². The van der Waals surface area contributed by atoms with Crippen molar-refractivity contribution in [2.24, 2.45) is 0 Å². The lowest BCUT2D eigenvalue weighted by Gasteiger charge is -2.24. The number of pyridine rings is 1. The molecule has 0 aliphatic carbocycles. The largest absolute Gasteiger partial charge is 0.384 e. The molecule has 0 radical (unpaired) electrons.